The Kier molecular flexibility index (Phi) is 7.13. The van der Waals surface area contributed by atoms with Crippen molar-refractivity contribution < 1.29 is 27.5 Å². The van der Waals surface area contributed by atoms with Gasteiger partial charge >= 0.3 is 6.09 Å². The number of rotatable bonds is 6. The summed E-state index contributed by atoms with van der Waals surface area (Å²) < 4.78 is 37.1. The maximum atomic E-state index is 13.1. The van der Waals surface area contributed by atoms with Crippen molar-refractivity contribution in [3.8, 4) is 5.75 Å². The van der Waals surface area contributed by atoms with Gasteiger partial charge in [-0.25, -0.2) is 13.2 Å². The molecule has 31 heavy (non-hydrogen) atoms. The predicted molar refractivity (Wildman–Crippen MR) is 116 cm³/mol. The van der Waals surface area contributed by atoms with Gasteiger partial charge in [-0.1, -0.05) is 6.07 Å². The number of benzene rings is 2. The third kappa shape index (κ3) is 5.53. The first-order chi connectivity index (χ1) is 14.8. The van der Waals surface area contributed by atoms with Crippen molar-refractivity contribution >= 4 is 33.4 Å². The largest absolute Gasteiger partial charge is 0.497 e. The lowest BCUT2D eigenvalue weighted by Gasteiger charge is -2.31. The van der Waals surface area contributed by atoms with Crippen molar-refractivity contribution in [2.45, 2.75) is 17.7 Å². The van der Waals surface area contributed by atoms with E-state index in [9.17, 15) is 18.0 Å². The predicted octanol–water partition coefficient (Wildman–Crippen LogP) is 2.91. The average molecular weight is 448 g/mol. The summed E-state index contributed by atoms with van der Waals surface area (Å²) in [4.78, 5) is 24.1. The van der Waals surface area contributed by atoms with Crippen LogP contribution in [0.5, 0.6) is 5.75 Å². The molecule has 0 spiro atoms. The van der Waals surface area contributed by atoms with Gasteiger partial charge in [0.2, 0.25) is 15.9 Å². The molecule has 0 aromatic heterocycles. The molecule has 2 N–H and O–H groups in total. The molecule has 0 radical (unpaired) electrons. The zero-order valence-corrected chi connectivity index (χ0v) is 18.1. The monoisotopic (exact) mass is 447 g/mol. The summed E-state index contributed by atoms with van der Waals surface area (Å²) in [5, 5.41) is 5.31. The maximum Gasteiger partial charge on any atom is 0.411 e. The van der Waals surface area contributed by atoms with Gasteiger partial charge in [-0.2, -0.15) is 4.31 Å². The van der Waals surface area contributed by atoms with Crippen LogP contribution in [0.1, 0.15) is 12.8 Å². The number of amides is 2. The SMILES string of the molecule is COC(=O)Nc1ccc(S(=O)(=O)N2CCC[C@@H](C(=O)Nc3cccc(OC)c3)C2)cc1. The van der Waals surface area contributed by atoms with E-state index in [0.29, 0.717) is 36.5 Å². The molecular weight excluding hydrogens is 422 g/mol. The van der Waals surface area contributed by atoms with E-state index in [-0.39, 0.29) is 17.3 Å². The van der Waals surface area contributed by atoms with Gasteiger partial charge in [-0.15, -0.1) is 0 Å². The zero-order valence-electron chi connectivity index (χ0n) is 17.3. The molecule has 2 aromatic carbocycles. The zero-order chi connectivity index (χ0) is 22.4. The molecule has 3 rings (SSSR count). The minimum atomic E-state index is -3.77. The summed E-state index contributed by atoms with van der Waals surface area (Å²) in [7, 11) is -0.987. The fourth-order valence-corrected chi connectivity index (χ4v) is 4.87. The first kappa shape index (κ1) is 22.6. The highest BCUT2D eigenvalue weighted by Gasteiger charge is 2.33. The van der Waals surface area contributed by atoms with Gasteiger partial charge in [-0.05, 0) is 49.2 Å². The topological polar surface area (TPSA) is 114 Å². The van der Waals surface area contributed by atoms with Crippen LogP contribution in [0.3, 0.4) is 0 Å². The van der Waals surface area contributed by atoms with Gasteiger partial charge in [0, 0.05) is 30.5 Å². The molecular formula is C21H25N3O6S. The standard InChI is InChI=1S/C21H25N3O6S/c1-29-18-7-3-6-17(13-18)22-20(25)15-5-4-12-24(14-15)31(27,28)19-10-8-16(9-11-19)23-21(26)30-2/h3,6-11,13,15H,4-5,12,14H2,1-2H3,(H,22,25)(H,23,26)/t15-/m1/s1. The number of piperidine rings is 1. The normalized spacial score (nSPS) is 16.9. The van der Waals surface area contributed by atoms with Crippen LogP contribution >= 0.6 is 0 Å². The average Bonchev–Trinajstić information content (AvgIpc) is 2.79. The lowest BCUT2D eigenvalue weighted by molar-refractivity contribution is -0.120. The summed E-state index contributed by atoms with van der Waals surface area (Å²) in [6.45, 7) is 0.438. The highest BCUT2D eigenvalue weighted by atomic mass is 32.2. The van der Waals surface area contributed by atoms with E-state index in [2.05, 4.69) is 15.4 Å². The second kappa shape index (κ2) is 9.80. The molecule has 166 valence electrons. The van der Waals surface area contributed by atoms with Crippen molar-refractivity contribution in [2.75, 3.05) is 37.9 Å². The first-order valence-electron chi connectivity index (χ1n) is 9.73. The molecule has 0 unspecified atom stereocenters. The molecule has 1 fully saturated rings. The molecule has 1 saturated heterocycles. The number of anilines is 2. The van der Waals surface area contributed by atoms with Crippen molar-refractivity contribution in [1.29, 1.82) is 0 Å². The van der Waals surface area contributed by atoms with Crippen molar-refractivity contribution in [3.05, 3.63) is 48.5 Å². The number of carbonyl (C=O) groups is 2. The van der Waals surface area contributed by atoms with E-state index in [1.54, 1.807) is 31.4 Å². The summed E-state index contributed by atoms with van der Waals surface area (Å²) in [5.74, 6) is -0.0726. The number of hydrogen-bond acceptors (Lipinski definition) is 6. The van der Waals surface area contributed by atoms with Crippen LogP contribution in [-0.4, -0.2) is 52.0 Å². The van der Waals surface area contributed by atoms with Crippen LogP contribution in [0.25, 0.3) is 0 Å². The van der Waals surface area contributed by atoms with Crippen LogP contribution in [0.15, 0.2) is 53.4 Å². The van der Waals surface area contributed by atoms with Gasteiger partial charge in [0.15, 0.2) is 0 Å². The lowest BCUT2D eigenvalue weighted by Crippen LogP contribution is -2.43. The Hall–Kier alpha value is -3.11. The summed E-state index contributed by atoms with van der Waals surface area (Å²) in [6.07, 6.45) is 0.540. The molecule has 1 aliphatic rings. The number of sulfonamides is 1. The van der Waals surface area contributed by atoms with Gasteiger partial charge < -0.3 is 14.8 Å². The Labute approximate surface area is 181 Å². The number of methoxy groups -OCH3 is 2. The van der Waals surface area contributed by atoms with Crippen LogP contribution < -0.4 is 15.4 Å². The van der Waals surface area contributed by atoms with Crippen molar-refractivity contribution in [3.63, 3.8) is 0 Å². The highest BCUT2D eigenvalue weighted by molar-refractivity contribution is 7.89. The lowest BCUT2D eigenvalue weighted by atomic mass is 9.98. The van der Waals surface area contributed by atoms with Gasteiger partial charge in [0.25, 0.3) is 0 Å². The molecule has 1 aliphatic heterocycles. The van der Waals surface area contributed by atoms with E-state index in [4.69, 9.17) is 4.74 Å². The Morgan fingerprint density at radius 2 is 1.77 bits per heavy atom. The van der Waals surface area contributed by atoms with Crippen molar-refractivity contribution in [1.82, 2.24) is 4.31 Å². The molecule has 2 amide bonds. The third-order valence-electron chi connectivity index (χ3n) is 5.02. The molecule has 10 heteroatoms. The van der Waals surface area contributed by atoms with Crippen LogP contribution in [-0.2, 0) is 19.6 Å². The number of ether oxygens (including phenoxy) is 2. The maximum absolute atomic E-state index is 13.1. The summed E-state index contributed by atoms with van der Waals surface area (Å²) >= 11 is 0. The molecule has 9 nitrogen and oxygen atoms in total. The van der Waals surface area contributed by atoms with Crippen LogP contribution in [0.2, 0.25) is 0 Å². The van der Waals surface area contributed by atoms with E-state index in [1.165, 1.54) is 35.7 Å². The van der Waals surface area contributed by atoms with Crippen molar-refractivity contribution in [2.24, 2.45) is 5.92 Å². The molecule has 0 saturated carbocycles. The van der Waals surface area contributed by atoms with Gasteiger partial charge in [0.1, 0.15) is 5.75 Å². The Morgan fingerprint density at radius 1 is 1.03 bits per heavy atom. The molecule has 0 bridgehead atoms. The number of nitrogens with zero attached hydrogens (tertiary/aromatic N) is 1. The Bertz CT molecular complexity index is 1040. The Balaban J connectivity index is 1.68. The summed E-state index contributed by atoms with van der Waals surface area (Å²) in [6, 6.07) is 12.8. The van der Waals surface area contributed by atoms with E-state index in [0.717, 1.165) is 0 Å². The smallest absolute Gasteiger partial charge is 0.411 e. The van der Waals surface area contributed by atoms with Gasteiger partial charge in [0.05, 0.1) is 25.0 Å². The van der Waals surface area contributed by atoms with Crippen LogP contribution in [0, 0.1) is 5.92 Å². The van der Waals surface area contributed by atoms with Crippen LogP contribution in [0.4, 0.5) is 16.2 Å². The minimum absolute atomic E-state index is 0.0942. The Morgan fingerprint density at radius 3 is 2.45 bits per heavy atom. The minimum Gasteiger partial charge on any atom is -0.497 e. The van der Waals surface area contributed by atoms with E-state index < -0.39 is 22.0 Å². The molecule has 2 aromatic rings. The summed E-state index contributed by atoms with van der Waals surface area (Å²) in [5.41, 5.74) is 1.01. The fraction of sp³-hybridized carbons (Fsp3) is 0.333. The number of carbonyl (C=O) groups excluding carboxylic acids is 2. The van der Waals surface area contributed by atoms with E-state index >= 15 is 0 Å². The second-order valence-electron chi connectivity index (χ2n) is 7.06. The number of nitrogens with one attached hydrogen (secondary N) is 2. The second-order valence-corrected chi connectivity index (χ2v) is 9.00. The first-order valence-corrected chi connectivity index (χ1v) is 11.2. The molecule has 0 aliphatic carbocycles. The third-order valence-corrected chi connectivity index (χ3v) is 6.90. The fourth-order valence-electron chi connectivity index (χ4n) is 3.35. The quantitative estimate of drug-likeness (QED) is 0.704. The number of hydrogen-bond donors (Lipinski definition) is 2. The van der Waals surface area contributed by atoms with E-state index in [1.807, 2.05) is 0 Å². The highest BCUT2D eigenvalue weighted by Crippen LogP contribution is 2.26. The van der Waals surface area contributed by atoms with Gasteiger partial charge in [-0.3, -0.25) is 10.1 Å². The molecule has 1 heterocycles. The molecule has 1 atom stereocenters.